The molecule has 0 amide bonds. The van der Waals surface area contributed by atoms with Gasteiger partial charge in [0.2, 0.25) is 0 Å². The molecule has 3 heteroatoms. The molecule has 0 atom stereocenters. The Kier molecular flexibility index (Phi) is 2.11. The molecule has 3 nitrogen and oxygen atoms in total. The molecule has 2 aromatic rings. The first-order valence-corrected chi connectivity index (χ1v) is 4.26. The van der Waals surface area contributed by atoms with Gasteiger partial charge in [-0.15, -0.1) is 0 Å². The molecule has 0 unspecified atom stereocenters. The Hall–Kier alpha value is -1.95. The van der Waals surface area contributed by atoms with E-state index in [4.69, 9.17) is 14.4 Å². The fourth-order valence-electron chi connectivity index (χ4n) is 1.41. The minimum Gasteiger partial charge on any atom is -0.497 e. The summed E-state index contributed by atoms with van der Waals surface area (Å²) < 4.78 is 10.4. The smallest absolute Gasteiger partial charge is 0.134 e. The molecule has 0 bridgehead atoms. The maximum Gasteiger partial charge on any atom is 0.134 e. The quantitative estimate of drug-likeness (QED) is 0.725. The Morgan fingerprint density at radius 1 is 1.50 bits per heavy atom. The van der Waals surface area contributed by atoms with E-state index >= 15 is 0 Å². The van der Waals surface area contributed by atoms with Crippen LogP contribution in [-0.4, -0.2) is 7.11 Å². The summed E-state index contributed by atoms with van der Waals surface area (Å²) in [6, 6.07) is 7.66. The predicted molar refractivity (Wildman–Crippen MR) is 52.1 cm³/mol. The molecule has 0 spiro atoms. The largest absolute Gasteiger partial charge is 0.497 e. The summed E-state index contributed by atoms with van der Waals surface area (Å²) in [7, 11) is 1.62. The third kappa shape index (κ3) is 1.31. The van der Waals surface area contributed by atoms with E-state index in [9.17, 15) is 0 Å². The third-order valence-electron chi connectivity index (χ3n) is 2.13. The van der Waals surface area contributed by atoms with Gasteiger partial charge in [0, 0.05) is 10.9 Å². The summed E-state index contributed by atoms with van der Waals surface area (Å²) in [5.41, 5.74) is 1.69. The summed E-state index contributed by atoms with van der Waals surface area (Å²) >= 11 is 0. The van der Waals surface area contributed by atoms with Gasteiger partial charge in [0.15, 0.2) is 0 Å². The van der Waals surface area contributed by atoms with Crippen LogP contribution in [0.5, 0.6) is 5.75 Å². The van der Waals surface area contributed by atoms with Crippen molar-refractivity contribution in [3.8, 4) is 11.8 Å². The molecule has 0 saturated heterocycles. The lowest BCUT2D eigenvalue weighted by Gasteiger charge is -1.98. The van der Waals surface area contributed by atoms with Gasteiger partial charge < -0.3 is 9.15 Å². The molecule has 1 heterocycles. The van der Waals surface area contributed by atoms with Crippen molar-refractivity contribution in [2.75, 3.05) is 7.11 Å². The van der Waals surface area contributed by atoms with Crippen LogP contribution in [0.1, 0.15) is 5.56 Å². The van der Waals surface area contributed by atoms with E-state index in [0.29, 0.717) is 6.42 Å². The highest BCUT2D eigenvalue weighted by atomic mass is 16.5. The molecule has 0 aliphatic rings. The molecule has 70 valence electrons. The normalized spacial score (nSPS) is 10.0. The maximum absolute atomic E-state index is 8.60. The fourth-order valence-corrected chi connectivity index (χ4v) is 1.41. The van der Waals surface area contributed by atoms with Crippen molar-refractivity contribution < 1.29 is 9.15 Å². The van der Waals surface area contributed by atoms with Gasteiger partial charge >= 0.3 is 0 Å². The minimum absolute atomic E-state index is 0.361. The number of fused-ring (bicyclic) bond motifs is 1. The second kappa shape index (κ2) is 3.43. The highest BCUT2D eigenvalue weighted by Crippen LogP contribution is 2.25. The molecular weight excluding hydrogens is 178 g/mol. The third-order valence-corrected chi connectivity index (χ3v) is 2.13. The molecule has 1 aromatic heterocycles. The number of methoxy groups -OCH3 is 1. The number of ether oxygens (including phenoxy) is 1. The molecular formula is C11H9NO2. The number of rotatable bonds is 2. The maximum atomic E-state index is 8.60. The number of nitrogens with zero attached hydrogens (tertiary/aromatic N) is 1. The zero-order chi connectivity index (χ0) is 9.97. The standard InChI is InChI=1S/C11H9NO2/c1-13-9-2-3-11-10(6-9)8(4-5-12)7-14-11/h2-3,6-7H,4H2,1H3. The van der Waals surface area contributed by atoms with Gasteiger partial charge in [0.05, 0.1) is 25.9 Å². The van der Waals surface area contributed by atoms with E-state index < -0.39 is 0 Å². The van der Waals surface area contributed by atoms with E-state index in [2.05, 4.69) is 6.07 Å². The summed E-state index contributed by atoms with van der Waals surface area (Å²) in [6.45, 7) is 0. The Balaban J connectivity index is 2.59. The molecule has 1 aromatic carbocycles. The topological polar surface area (TPSA) is 46.2 Å². The molecule has 2 rings (SSSR count). The summed E-state index contributed by atoms with van der Waals surface area (Å²) in [5.74, 6) is 0.776. The van der Waals surface area contributed by atoms with Crippen LogP contribution < -0.4 is 4.74 Å². The Morgan fingerprint density at radius 2 is 2.36 bits per heavy atom. The second-order valence-corrected chi connectivity index (χ2v) is 2.96. The molecule has 0 saturated carbocycles. The number of furan rings is 1. The van der Waals surface area contributed by atoms with Gasteiger partial charge in [0.25, 0.3) is 0 Å². The van der Waals surface area contributed by atoms with Crippen molar-refractivity contribution in [1.29, 1.82) is 5.26 Å². The van der Waals surface area contributed by atoms with Gasteiger partial charge in [0.1, 0.15) is 11.3 Å². The lowest BCUT2D eigenvalue weighted by atomic mass is 10.1. The van der Waals surface area contributed by atoms with E-state index in [0.717, 1.165) is 22.3 Å². The minimum atomic E-state index is 0.361. The highest BCUT2D eigenvalue weighted by molar-refractivity contribution is 5.82. The van der Waals surface area contributed by atoms with Crippen molar-refractivity contribution in [2.45, 2.75) is 6.42 Å². The van der Waals surface area contributed by atoms with Gasteiger partial charge in [-0.25, -0.2) is 0 Å². The second-order valence-electron chi connectivity index (χ2n) is 2.96. The number of hydrogen-bond donors (Lipinski definition) is 0. The monoisotopic (exact) mass is 187 g/mol. The van der Waals surface area contributed by atoms with Crippen LogP contribution in [0.25, 0.3) is 11.0 Å². The zero-order valence-corrected chi connectivity index (χ0v) is 7.78. The zero-order valence-electron chi connectivity index (χ0n) is 7.78. The van der Waals surface area contributed by atoms with Crippen LogP contribution in [0, 0.1) is 11.3 Å². The van der Waals surface area contributed by atoms with Gasteiger partial charge in [-0.05, 0) is 18.2 Å². The first kappa shape index (κ1) is 8.64. The van der Waals surface area contributed by atoms with Gasteiger partial charge in [-0.2, -0.15) is 5.26 Å². The first-order chi connectivity index (χ1) is 6.85. The first-order valence-electron chi connectivity index (χ1n) is 4.26. The van der Waals surface area contributed by atoms with Crippen molar-refractivity contribution in [3.63, 3.8) is 0 Å². The molecule has 0 aliphatic heterocycles. The Bertz CT molecular complexity index is 493. The summed E-state index contributed by atoms with van der Waals surface area (Å²) in [5, 5.41) is 9.55. The number of benzene rings is 1. The number of hydrogen-bond acceptors (Lipinski definition) is 3. The van der Waals surface area contributed by atoms with E-state index in [1.807, 2.05) is 18.2 Å². The highest BCUT2D eigenvalue weighted by Gasteiger charge is 2.06. The lowest BCUT2D eigenvalue weighted by Crippen LogP contribution is -1.82. The average molecular weight is 187 g/mol. The van der Waals surface area contributed by atoms with Gasteiger partial charge in [-0.1, -0.05) is 0 Å². The van der Waals surface area contributed by atoms with Crippen LogP contribution >= 0.6 is 0 Å². The van der Waals surface area contributed by atoms with Crippen LogP contribution in [0.3, 0.4) is 0 Å². The van der Waals surface area contributed by atoms with Crippen molar-refractivity contribution in [2.24, 2.45) is 0 Å². The molecule has 0 N–H and O–H groups in total. The van der Waals surface area contributed by atoms with Crippen LogP contribution in [-0.2, 0) is 6.42 Å². The summed E-state index contributed by atoms with van der Waals surface area (Å²) in [4.78, 5) is 0. The van der Waals surface area contributed by atoms with Crippen molar-refractivity contribution in [1.82, 2.24) is 0 Å². The Morgan fingerprint density at radius 3 is 3.07 bits per heavy atom. The van der Waals surface area contributed by atoms with E-state index in [1.165, 1.54) is 0 Å². The van der Waals surface area contributed by atoms with Crippen molar-refractivity contribution in [3.05, 3.63) is 30.0 Å². The molecule has 0 aliphatic carbocycles. The van der Waals surface area contributed by atoms with E-state index in [1.54, 1.807) is 13.4 Å². The predicted octanol–water partition coefficient (Wildman–Crippen LogP) is 2.51. The Labute approximate surface area is 81.5 Å². The van der Waals surface area contributed by atoms with Crippen LogP contribution in [0.2, 0.25) is 0 Å². The van der Waals surface area contributed by atoms with Crippen molar-refractivity contribution >= 4 is 11.0 Å². The van der Waals surface area contributed by atoms with Gasteiger partial charge in [-0.3, -0.25) is 0 Å². The lowest BCUT2D eigenvalue weighted by molar-refractivity contribution is 0.415. The molecule has 0 fully saturated rings. The number of nitriles is 1. The fraction of sp³-hybridized carbons (Fsp3) is 0.182. The SMILES string of the molecule is COc1ccc2occ(CC#N)c2c1. The van der Waals surface area contributed by atoms with E-state index in [-0.39, 0.29) is 0 Å². The summed E-state index contributed by atoms with van der Waals surface area (Å²) in [6.07, 6.45) is 1.98. The average Bonchev–Trinajstić information content (AvgIpc) is 2.61. The van der Waals surface area contributed by atoms with Crippen LogP contribution in [0.4, 0.5) is 0 Å². The molecule has 0 radical (unpaired) electrons. The van der Waals surface area contributed by atoms with Crippen LogP contribution in [0.15, 0.2) is 28.9 Å². The molecule has 14 heavy (non-hydrogen) atoms.